The number of nitrogens with zero attached hydrogens (tertiary/aromatic N) is 3. The monoisotopic (exact) mass is 363 g/mol. The van der Waals surface area contributed by atoms with E-state index in [4.69, 9.17) is 0 Å². The second-order valence-corrected chi connectivity index (χ2v) is 8.16. The van der Waals surface area contributed by atoms with Crippen molar-refractivity contribution in [2.45, 2.75) is 31.5 Å². The number of thioether (sulfide) groups is 1. The molecule has 3 aromatic rings. The average Bonchev–Trinajstić information content (AvgIpc) is 3.01. The molecule has 0 atom stereocenters. The number of imide groups is 1. The summed E-state index contributed by atoms with van der Waals surface area (Å²) < 4.78 is 3.03. The Morgan fingerprint density at radius 3 is 2.75 bits per heavy atom. The minimum absolute atomic E-state index is 0.0858. The lowest BCUT2D eigenvalue weighted by molar-refractivity contribution is -0.117. The Kier molecular flexibility index (Phi) is 4.46. The highest BCUT2D eigenvalue weighted by molar-refractivity contribution is 7.99. The number of carbonyl (C=O) groups is 2. The van der Waals surface area contributed by atoms with Crippen LogP contribution in [0.15, 0.2) is 29.4 Å². The van der Waals surface area contributed by atoms with Crippen LogP contribution in [0.4, 0.5) is 4.79 Å². The van der Waals surface area contributed by atoms with Gasteiger partial charge in [-0.25, -0.2) is 4.79 Å². The van der Waals surface area contributed by atoms with Gasteiger partial charge in [-0.15, -0.1) is 10.2 Å². The Balaban J connectivity index is 1.68. The fourth-order valence-corrected chi connectivity index (χ4v) is 3.88. The van der Waals surface area contributed by atoms with E-state index in [1.165, 1.54) is 11.8 Å². The lowest BCUT2D eigenvalue weighted by Crippen LogP contribution is -2.48. The summed E-state index contributed by atoms with van der Waals surface area (Å²) in [6.07, 6.45) is 0. The van der Waals surface area contributed by atoms with Crippen molar-refractivity contribution in [2.75, 3.05) is 5.75 Å². The first-order valence-corrected chi connectivity index (χ1v) is 9.11. The predicted octanol–water partition coefficient (Wildman–Crippen LogP) is 2.66. The number of para-hydroxylation sites is 1. The van der Waals surface area contributed by atoms with Crippen molar-refractivity contribution < 1.29 is 9.59 Å². The summed E-state index contributed by atoms with van der Waals surface area (Å²) in [5.41, 5.74) is 0.614. The van der Waals surface area contributed by atoms with E-state index in [1.807, 2.05) is 49.4 Å². The lowest BCUT2D eigenvalue weighted by atomic mass is 10.1. The molecule has 2 heterocycles. The smallest absolute Gasteiger partial charge is 0.321 e. The maximum absolute atomic E-state index is 11.9. The Morgan fingerprint density at radius 1 is 1.25 bits per heavy atom. The van der Waals surface area contributed by atoms with Gasteiger partial charge in [0, 0.05) is 5.54 Å². The third kappa shape index (κ3) is 3.68. The topological polar surface area (TPSA) is 88.4 Å². The summed E-state index contributed by atoms with van der Waals surface area (Å²) in [4.78, 5) is 24.4. The van der Waals surface area contributed by atoms with Gasteiger partial charge in [-0.05, 0) is 32.9 Å². The molecule has 0 saturated heterocycles. The molecule has 0 fully saturated rings. The molecule has 0 aliphatic rings. The van der Waals surface area contributed by atoms with E-state index in [2.05, 4.69) is 20.8 Å². The van der Waals surface area contributed by atoms with Crippen LogP contribution in [0.2, 0.25) is 0 Å². The molecule has 0 aliphatic heterocycles. The average molecular weight is 363 g/mol. The largest absolute Gasteiger partial charge is 0.333 e. The molecule has 0 spiro atoms. The van der Waals surface area contributed by atoms with Gasteiger partial charge in [-0.3, -0.25) is 14.5 Å². The normalized spacial score (nSPS) is 11.8. The SMILES string of the molecule is CC(C)(C)NC(=O)NC(=O)CSc1nnc2sc3ccccc3n12. The highest BCUT2D eigenvalue weighted by atomic mass is 32.2. The minimum atomic E-state index is -0.500. The minimum Gasteiger partial charge on any atom is -0.333 e. The second kappa shape index (κ2) is 6.40. The zero-order chi connectivity index (χ0) is 17.3. The fraction of sp³-hybridized carbons (Fsp3) is 0.333. The van der Waals surface area contributed by atoms with Crippen LogP contribution in [0, 0.1) is 0 Å². The summed E-state index contributed by atoms with van der Waals surface area (Å²) >= 11 is 2.79. The van der Waals surface area contributed by atoms with E-state index in [9.17, 15) is 9.59 Å². The van der Waals surface area contributed by atoms with Crippen molar-refractivity contribution in [2.24, 2.45) is 0 Å². The van der Waals surface area contributed by atoms with Crippen LogP contribution in [-0.2, 0) is 4.79 Å². The number of fused-ring (bicyclic) bond motifs is 3. The summed E-state index contributed by atoms with van der Waals surface area (Å²) in [7, 11) is 0. The molecule has 0 radical (unpaired) electrons. The maximum atomic E-state index is 11.9. The summed E-state index contributed by atoms with van der Waals surface area (Å²) in [6, 6.07) is 7.43. The number of aromatic nitrogens is 3. The number of thiazole rings is 1. The van der Waals surface area contributed by atoms with Gasteiger partial charge < -0.3 is 5.32 Å². The van der Waals surface area contributed by atoms with Crippen LogP contribution >= 0.6 is 23.1 Å². The molecule has 24 heavy (non-hydrogen) atoms. The molecule has 3 rings (SSSR count). The number of rotatable bonds is 3. The molecule has 1 aromatic carbocycles. The molecule has 0 aliphatic carbocycles. The van der Waals surface area contributed by atoms with Crippen molar-refractivity contribution in [3.05, 3.63) is 24.3 Å². The summed E-state index contributed by atoms with van der Waals surface area (Å²) in [5, 5.41) is 13.9. The van der Waals surface area contributed by atoms with E-state index in [0.717, 1.165) is 15.2 Å². The second-order valence-electron chi connectivity index (χ2n) is 6.21. The molecular formula is C15H17N5O2S2. The number of benzene rings is 1. The van der Waals surface area contributed by atoms with Crippen LogP contribution in [-0.4, -0.2) is 37.8 Å². The van der Waals surface area contributed by atoms with Crippen LogP contribution in [0.25, 0.3) is 15.2 Å². The molecule has 0 bridgehead atoms. The van der Waals surface area contributed by atoms with Gasteiger partial charge in [0.15, 0.2) is 5.16 Å². The van der Waals surface area contributed by atoms with E-state index in [1.54, 1.807) is 11.3 Å². The van der Waals surface area contributed by atoms with E-state index >= 15 is 0 Å². The van der Waals surface area contributed by atoms with Crippen LogP contribution in [0.5, 0.6) is 0 Å². The molecule has 0 unspecified atom stereocenters. The highest BCUT2D eigenvalue weighted by Crippen LogP contribution is 2.29. The maximum Gasteiger partial charge on any atom is 0.321 e. The van der Waals surface area contributed by atoms with Crippen molar-refractivity contribution in [1.82, 2.24) is 25.2 Å². The number of urea groups is 1. The molecule has 3 amide bonds. The third-order valence-electron chi connectivity index (χ3n) is 2.98. The van der Waals surface area contributed by atoms with Crippen LogP contribution in [0.3, 0.4) is 0 Å². The molecule has 9 heteroatoms. The van der Waals surface area contributed by atoms with Gasteiger partial charge in [0.05, 0.1) is 16.0 Å². The van der Waals surface area contributed by atoms with Gasteiger partial charge in [0.1, 0.15) is 0 Å². The van der Waals surface area contributed by atoms with Gasteiger partial charge >= 0.3 is 6.03 Å². The molecular weight excluding hydrogens is 346 g/mol. The number of amides is 3. The van der Waals surface area contributed by atoms with Crippen LogP contribution in [0.1, 0.15) is 20.8 Å². The predicted molar refractivity (Wildman–Crippen MR) is 95.5 cm³/mol. The Labute approximate surface area is 146 Å². The Morgan fingerprint density at radius 2 is 2.00 bits per heavy atom. The summed E-state index contributed by atoms with van der Waals surface area (Å²) in [5.74, 6) is -0.291. The van der Waals surface area contributed by atoms with Gasteiger partial charge in [0.25, 0.3) is 0 Å². The first-order valence-electron chi connectivity index (χ1n) is 7.31. The zero-order valence-electron chi connectivity index (χ0n) is 13.5. The highest BCUT2D eigenvalue weighted by Gasteiger charge is 2.17. The molecule has 7 nitrogen and oxygen atoms in total. The third-order valence-corrected chi connectivity index (χ3v) is 4.93. The number of hydrogen-bond donors (Lipinski definition) is 2. The fourth-order valence-electron chi connectivity index (χ4n) is 2.11. The van der Waals surface area contributed by atoms with Gasteiger partial charge in [-0.1, -0.05) is 35.2 Å². The molecule has 2 aromatic heterocycles. The first kappa shape index (κ1) is 16.7. The quantitative estimate of drug-likeness (QED) is 0.699. The Bertz CT molecular complexity index is 910. The van der Waals surface area contributed by atoms with E-state index in [-0.39, 0.29) is 11.7 Å². The van der Waals surface area contributed by atoms with Crippen molar-refractivity contribution >= 4 is 50.2 Å². The van der Waals surface area contributed by atoms with E-state index in [0.29, 0.717) is 5.16 Å². The number of carbonyl (C=O) groups excluding carboxylic acids is 2. The molecule has 126 valence electrons. The van der Waals surface area contributed by atoms with Crippen molar-refractivity contribution in [1.29, 1.82) is 0 Å². The number of hydrogen-bond acceptors (Lipinski definition) is 6. The van der Waals surface area contributed by atoms with Gasteiger partial charge in [-0.2, -0.15) is 0 Å². The lowest BCUT2D eigenvalue weighted by Gasteiger charge is -2.20. The molecule has 2 N–H and O–H groups in total. The molecule has 0 saturated carbocycles. The van der Waals surface area contributed by atoms with Crippen LogP contribution < -0.4 is 10.6 Å². The van der Waals surface area contributed by atoms with E-state index < -0.39 is 11.6 Å². The van der Waals surface area contributed by atoms with Gasteiger partial charge in [0.2, 0.25) is 10.9 Å². The first-order chi connectivity index (χ1) is 11.3. The van der Waals surface area contributed by atoms with Crippen molar-refractivity contribution in [3.63, 3.8) is 0 Å². The standard InChI is InChI=1S/C15H17N5O2S2/c1-15(2,3)17-12(22)16-11(21)8-23-13-18-19-14-20(13)9-6-4-5-7-10(9)24-14/h4-7H,8H2,1-3H3,(H2,16,17,21,22). The zero-order valence-corrected chi connectivity index (χ0v) is 15.1. The summed E-state index contributed by atoms with van der Waals surface area (Å²) in [6.45, 7) is 5.54. The Hall–Kier alpha value is -2.13. The number of nitrogens with one attached hydrogen (secondary N) is 2. The van der Waals surface area contributed by atoms with Crippen molar-refractivity contribution in [3.8, 4) is 0 Å².